The van der Waals surface area contributed by atoms with Crippen molar-refractivity contribution in [2.75, 3.05) is 7.11 Å². The number of nitrogens with zero attached hydrogens (tertiary/aromatic N) is 2. The summed E-state index contributed by atoms with van der Waals surface area (Å²) in [6, 6.07) is 10.1. The summed E-state index contributed by atoms with van der Waals surface area (Å²) in [4.78, 5) is 15.4. The minimum atomic E-state index is -0.974. The number of carboxylic acid groups (broad SMARTS) is 1. The quantitative estimate of drug-likeness (QED) is 0.805. The molecule has 1 N–H and O–H groups in total. The standard InChI is InChI=1S/C15H11ClN2O3/c1-21-14-7-10(3-4-11(14)16)18-8-17-12-5-2-9(15(19)20)6-13(12)18/h2-8H,1H3,(H,19,20). The van der Waals surface area contributed by atoms with Crippen LogP contribution >= 0.6 is 11.6 Å². The molecular formula is C15H11ClN2O3. The SMILES string of the molecule is COc1cc(-n2cnc3ccc(C(=O)O)cc32)ccc1Cl. The second-order valence-corrected chi connectivity index (χ2v) is 4.85. The molecule has 1 heterocycles. The molecule has 3 rings (SSSR count). The lowest BCUT2D eigenvalue weighted by Crippen LogP contribution is -1.98. The Kier molecular flexibility index (Phi) is 3.27. The predicted octanol–water partition coefficient (Wildman–Crippen LogP) is 3.39. The molecule has 2 aromatic carbocycles. The molecule has 0 saturated carbocycles. The Morgan fingerprint density at radius 1 is 1.29 bits per heavy atom. The van der Waals surface area contributed by atoms with Gasteiger partial charge in [-0.2, -0.15) is 0 Å². The molecule has 6 heteroatoms. The molecule has 1 aromatic heterocycles. The Morgan fingerprint density at radius 2 is 2.10 bits per heavy atom. The lowest BCUT2D eigenvalue weighted by Gasteiger charge is -2.08. The van der Waals surface area contributed by atoms with Crippen molar-refractivity contribution in [1.29, 1.82) is 0 Å². The maximum absolute atomic E-state index is 11.1. The lowest BCUT2D eigenvalue weighted by molar-refractivity contribution is 0.0697. The first-order chi connectivity index (χ1) is 10.1. The van der Waals surface area contributed by atoms with E-state index in [2.05, 4.69) is 4.98 Å². The molecule has 0 fully saturated rings. The molecule has 0 atom stereocenters. The van der Waals surface area contributed by atoms with Gasteiger partial charge in [0.25, 0.3) is 0 Å². The number of hydrogen-bond donors (Lipinski definition) is 1. The van der Waals surface area contributed by atoms with Crippen LogP contribution in [0.3, 0.4) is 0 Å². The van der Waals surface area contributed by atoms with Crippen LogP contribution in [0, 0.1) is 0 Å². The van der Waals surface area contributed by atoms with E-state index in [1.807, 2.05) is 6.07 Å². The van der Waals surface area contributed by atoms with Gasteiger partial charge in [0.05, 0.1) is 34.4 Å². The number of fused-ring (bicyclic) bond motifs is 1. The normalized spacial score (nSPS) is 10.8. The monoisotopic (exact) mass is 302 g/mol. The fraction of sp³-hybridized carbons (Fsp3) is 0.0667. The van der Waals surface area contributed by atoms with Gasteiger partial charge >= 0.3 is 5.97 Å². The van der Waals surface area contributed by atoms with Crippen LogP contribution in [-0.2, 0) is 0 Å². The zero-order valence-electron chi connectivity index (χ0n) is 11.1. The number of imidazole rings is 1. The summed E-state index contributed by atoms with van der Waals surface area (Å²) < 4.78 is 6.99. The first-order valence-electron chi connectivity index (χ1n) is 6.14. The van der Waals surface area contributed by atoms with Gasteiger partial charge in [0.1, 0.15) is 12.1 Å². The Morgan fingerprint density at radius 3 is 2.81 bits per heavy atom. The Bertz CT molecular complexity index is 842. The topological polar surface area (TPSA) is 64.4 Å². The van der Waals surface area contributed by atoms with Gasteiger partial charge in [0.2, 0.25) is 0 Å². The Hall–Kier alpha value is -2.53. The highest BCUT2D eigenvalue weighted by Gasteiger charge is 2.10. The molecule has 3 aromatic rings. The van der Waals surface area contributed by atoms with Crippen LogP contribution in [0.15, 0.2) is 42.7 Å². The highest BCUT2D eigenvalue weighted by molar-refractivity contribution is 6.32. The Balaban J connectivity index is 2.20. The van der Waals surface area contributed by atoms with Crippen LogP contribution in [-0.4, -0.2) is 27.7 Å². The maximum atomic E-state index is 11.1. The number of methoxy groups -OCH3 is 1. The van der Waals surface area contributed by atoms with Crippen LogP contribution < -0.4 is 4.74 Å². The molecule has 0 spiro atoms. The molecule has 0 radical (unpaired) electrons. The molecule has 0 saturated heterocycles. The Labute approximate surface area is 125 Å². The molecule has 0 unspecified atom stereocenters. The van der Waals surface area contributed by atoms with Crippen LogP contribution in [0.1, 0.15) is 10.4 Å². The fourth-order valence-electron chi connectivity index (χ4n) is 2.14. The summed E-state index contributed by atoms with van der Waals surface area (Å²) in [7, 11) is 1.54. The van der Waals surface area contributed by atoms with E-state index in [0.717, 1.165) is 5.69 Å². The predicted molar refractivity (Wildman–Crippen MR) is 79.6 cm³/mol. The third kappa shape index (κ3) is 2.32. The molecular weight excluding hydrogens is 292 g/mol. The first-order valence-corrected chi connectivity index (χ1v) is 6.52. The number of halogens is 1. The van der Waals surface area contributed by atoms with Crippen molar-refractivity contribution < 1.29 is 14.6 Å². The number of aromatic nitrogens is 2. The van der Waals surface area contributed by atoms with Crippen LogP contribution in [0.4, 0.5) is 0 Å². The molecule has 0 aliphatic rings. The van der Waals surface area contributed by atoms with Crippen molar-refractivity contribution in [3.8, 4) is 11.4 Å². The van der Waals surface area contributed by atoms with E-state index in [9.17, 15) is 4.79 Å². The fourth-order valence-corrected chi connectivity index (χ4v) is 2.34. The summed E-state index contributed by atoms with van der Waals surface area (Å²) in [5.41, 5.74) is 2.43. The summed E-state index contributed by atoms with van der Waals surface area (Å²) in [6.45, 7) is 0. The van der Waals surface area contributed by atoms with Crippen LogP contribution in [0.5, 0.6) is 5.75 Å². The van der Waals surface area contributed by atoms with E-state index in [-0.39, 0.29) is 5.56 Å². The molecule has 0 bridgehead atoms. The minimum absolute atomic E-state index is 0.213. The molecule has 0 amide bonds. The van der Waals surface area contributed by atoms with Gasteiger partial charge in [0.15, 0.2) is 0 Å². The number of ether oxygens (including phenoxy) is 1. The molecule has 0 aliphatic heterocycles. The summed E-state index contributed by atoms with van der Waals surface area (Å²) in [6.07, 6.45) is 1.64. The lowest BCUT2D eigenvalue weighted by atomic mass is 10.2. The number of benzene rings is 2. The van der Waals surface area contributed by atoms with Crippen LogP contribution in [0.25, 0.3) is 16.7 Å². The molecule has 0 aliphatic carbocycles. The average Bonchev–Trinajstić information content (AvgIpc) is 2.90. The van der Waals surface area contributed by atoms with Crippen molar-refractivity contribution in [3.63, 3.8) is 0 Å². The largest absolute Gasteiger partial charge is 0.495 e. The third-order valence-electron chi connectivity index (χ3n) is 3.21. The van der Waals surface area contributed by atoms with E-state index >= 15 is 0 Å². The van der Waals surface area contributed by atoms with E-state index in [1.54, 1.807) is 42.3 Å². The third-order valence-corrected chi connectivity index (χ3v) is 3.52. The van der Waals surface area contributed by atoms with E-state index in [0.29, 0.717) is 21.8 Å². The highest BCUT2D eigenvalue weighted by atomic mass is 35.5. The van der Waals surface area contributed by atoms with Crippen LogP contribution in [0.2, 0.25) is 5.02 Å². The minimum Gasteiger partial charge on any atom is -0.495 e. The maximum Gasteiger partial charge on any atom is 0.335 e. The van der Waals surface area contributed by atoms with Gasteiger partial charge in [-0.25, -0.2) is 9.78 Å². The van der Waals surface area contributed by atoms with E-state index in [1.165, 1.54) is 6.07 Å². The van der Waals surface area contributed by atoms with Gasteiger partial charge in [-0.3, -0.25) is 4.57 Å². The van der Waals surface area contributed by atoms with E-state index < -0.39 is 5.97 Å². The van der Waals surface area contributed by atoms with Gasteiger partial charge in [-0.15, -0.1) is 0 Å². The van der Waals surface area contributed by atoms with Gasteiger partial charge < -0.3 is 9.84 Å². The zero-order chi connectivity index (χ0) is 15.0. The number of hydrogen-bond acceptors (Lipinski definition) is 3. The van der Waals surface area contributed by atoms with Crippen molar-refractivity contribution in [1.82, 2.24) is 9.55 Å². The number of rotatable bonds is 3. The first kappa shape index (κ1) is 13.5. The smallest absolute Gasteiger partial charge is 0.335 e. The number of aromatic carboxylic acids is 1. The molecule has 106 valence electrons. The number of carboxylic acids is 1. The van der Waals surface area contributed by atoms with Gasteiger partial charge in [0, 0.05) is 6.07 Å². The average molecular weight is 303 g/mol. The second kappa shape index (κ2) is 5.10. The van der Waals surface area contributed by atoms with Crippen molar-refractivity contribution in [2.45, 2.75) is 0 Å². The second-order valence-electron chi connectivity index (χ2n) is 4.44. The molecule has 5 nitrogen and oxygen atoms in total. The van der Waals surface area contributed by atoms with Crippen molar-refractivity contribution in [2.24, 2.45) is 0 Å². The van der Waals surface area contributed by atoms with Crippen molar-refractivity contribution >= 4 is 28.6 Å². The zero-order valence-corrected chi connectivity index (χ0v) is 11.8. The molecule has 21 heavy (non-hydrogen) atoms. The summed E-state index contributed by atoms with van der Waals surface area (Å²) in [5.74, 6) is -0.427. The van der Waals surface area contributed by atoms with E-state index in [4.69, 9.17) is 21.4 Å². The van der Waals surface area contributed by atoms with Crippen molar-refractivity contribution in [3.05, 3.63) is 53.3 Å². The summed E-state index contributed by atoms with van der Waals surface area (Å²) >= 11 is 6.02. The van der Waals surface area contributed by atoms with Gasteiger partial charge in [-0.1, -0.05) is 11.6 Å². The highest BCUT2D eigenvalue weighted by Crippen LogP contribution is 2.28. The summed E-state index contributed by atoms with van der Waals surface area (Å²) in [5, 5.41) is 9.61. The van der Waals surface area contributed by atoms with Gasteiger partial charge in [-0.05, 0) is 30.3 Å². The number of carbonyl (C=O) groups is 1.